The summed E-state index contributed by atoms with van der Waals surface area (Å²) in [7, 11) is 0. The Hall–Kier alpha value is 1.27. The van der Waals surface area contributed by atoms with E-state index in [2.05, 4.69) is 0 Å². The topological polar surface area (TPSA) is 0 Å². The molecule has 0 fully saturated rings. The van der Waals surface area contributed by atoms with Crippen LogP contribution in [0.15, 0.2) is 0 Å². The number of hydrogen-bond donors (Lipinski definition) is 0. The molecule has 0 N–H and O–H groups in total. The molecule has 0 bridgehead atoms. The maximum absolute atomic E-state index is 9.89. The van der Waals surface area contributed by atoms with Crippen molar-refractivity contribution in [1.29, 1.82) is 0 Å². The summed E-state index contributed by atoms with van der Waals surface area (Å²) >= 11 is -5.23. The van der Waals surface area contributed by atoms with Gasteiger partial charge in [0.05, 0.1) is 0 Å². The molecule has 0 atom stereocenters. The van der Waals surface area contributed by atoms with Crippen molar-refractivity contribution in [3.05, 3.63) is 0 Å². The molecule has 0 aliphatic rings. The van der Waals surface area contributed by atoms with E-state index in [-0.39, 0.29) is 0 Å². The van der Waals surface area contributed by atoms with E-state index in [1.54, 1.807) is 0 Å². The first-order valence-corrected chi connectivity index (χ1v) is 4.74. The fourth-order valence-corrected chi connectivity index (χ4v) is 0. The number of rotatable bonds is 0. The quantitative estimate of drug-likeness (QED) is 0.443. The van der Waals surface area contributed by atoms with Gasteiger partial charge in [0.25, 0.3) is 0 Å². The van der Waals surface area contributed by atoms with Crippen LogP contribution in [0.4, 0.5) is 1.44 Å². The summed E-state index contributed by atoms with van der Waals surface area (Å²) < 4.78 is 29.7. The fraction of sp³-hybridized carbons (Fsp3) is 0. The summed E-state index contributed by atoms with van der Waals surface area (Å²) in [5, 5.41) is 0. The molecule has 0 amide bonds. The van der Waals surface area contributed by atoms with Crippen LogP contribution < -0.4 is 0 Å². The summed E-state index contributed by atoms with van der Waals surface area (Å²) in [4.78, 5) is 0. The van der Waals surface area contributed by atoms with E-state index in [1.807, 2.05) is 0 Å². The molecule has 0 aromatic rings. The van der Waals surface area contributed by atoms with Gasteiger partial charge in [0.2, 0.25) is 0 Å². The van der Waals surface area contributed by atoms with Gasteiger partial charge in [-0.25, -0.2) is 0 Å². The van der Waals surface area contributed by atoms with Crippen molar-refractivity contribution >= 4 is 41.4 Å². The molecule has 23 valence electrons. The molecule has 0 nitrogen and oxygen atoms in total. The first-order chi connectivity index (χ1) is 1.73. The molecule has 4 heavy (non-hydrogen) atoms. The van der Waals surface area contributed by atoms with Gasteiger partial charge in [-0.2, -0.15) is 0 Å². The molecule has 0 heterocycles. The molecule has 0 aliphatic carbocycles. The monoisotopic (exact) mass is 145 g/mol. The SMILES string of the molecule is [F][Sr]([F])[F]. The second-order valence-corrected chi connectivity index (χ2v) is 1.79. The first kappa shape index (κ1) is 5.27. The predicted molar refractivity (Wildman–Crippen MR) is 9.08 cm³/mol. The molecule has 0 aliphatic heterocycles. The zero-order chi connectivity index (χ0) is 3.58. The Labute approximate surface area is 42.2 Å². The third-order valence-corrected chi connectivity index (χ3v) is 0. The van der Waals surface area contributed by atoms with Crippen molar-refractivity contribution in [2.45, 2.75) is 0 Å². The molecule has 0 saturated carbocycles. The van der Waals surface area contributed by atoms with E-state index in [4.69, 9.17) is 0 Å². The standard InChI is InChI=1S/3FH.Sr/h3*1H;/q;;;+3/p-3. The Morgan fingerprint density at radius 1 is 1.00 bits per heavy atom. The van der Waals surface area contributed by atoms with Crippen LogP contribution >= 0.6 is 0 Å². The Balaban J connectivity index is 2.32. The van der Waals surface area contributed by atoms with Crippen LogP contribution in [0.2, 0.25) is 0 Å². The van der Waals surface area contributed by atoms with Crippen LogP contribution in [0.1, 0.15) is 0 Å². The predicted octanol–water partition coefficient (Wildman–Crippen LogP) is 0.880. The molecular formula is F3Sr. The van der Waals surface area contributed by atoms with Crippen LogP contribution in [0, 0.1) is 0 Å². The van der Waals surface area contributed by atoms with Crippen molar-refractivity contribution < 1.29 is 1.44 Å². The summed E-state index contributed by atoms with van der Waals surface area (Å²) in [6.45, 7) is 0. The van der Waals surface area contributed by atoms with Gasteiger partial charge >= 0.3 is 42.9 Å². The molecule has 4 heteroatoms. The normalized spacial score (nSPS) is 9.00. The van der Waals surface area contributed by atoms with Gasteiger partial charge in [0.1, 0.15) is 0 Å². The fourth-order valence-electron chi connectivity index (χ4n) is 0. The Kier molecular flexibility index (Phi) is 3.30. The average molecular weight is 145 g/mol. The Morgan fingerprint density at radius 2 is 1.00 bits per heavy atom. The second-order valence-electron chi connectivity index (χ2n) is 0.303. The van der Waals surface area contributed by atoms with E-state index in [1.165, 1.54) is 0 Å². The van der Waals surface area contributed by atoms with Crippen molar-refractivity contribution in [3.63, 3.8) is 0 Å². The Bertz CT molecular complexity index is 8.00. The van der Waals surface area contributed by atoms with Gasteiger partial charge < -0.3 is 0 Å². The molecular weight excluding hydrogens is 145 g/mol. The van der Waals surface area contributed by atoms with E-state index < -0.39 is 41.4 Å². The van der Waals surface area contributed by atoms with Gasteiger partial charge in [0.15, 0.2) is 0 Å². The van der Waals surface area contributed by atoms with Gasteiger partial charge in [-0.1, -0.05) is 0 Å². The number of halogens is 3. The molecule has 0 spiro atoms. The van der Waals surface area contributed by atoms with Crippen LogP contribution in [0.25, 0.3) is 0 Å². The van der Waals surface area contributed by atoms with E-state index in [0.717, 1.165) is 0 Å². The van der Waals surface area contributed by atoms with E-state index >= 15 is 0 Å². The van der Waals surface area contributed by atoms with Crippen LogP contribution in [-0.2, 0) is 0 Å². The summed E-state index contributed by atoms with van der Waals surface area (Å²) in [6.07, 6.45) is 0. The number of hydrogen-bond acceptors (Lipinski definition) is 0. The molecule has 0 rings (SSSR count). The summed E-state index contributed by atoms with van der Waals surface area (Å²) in [6, 6.07) is 0. The van der Waals surface area contributed by atoms with Gasteiger partial charge in [0, 0.05) is 0 Å². The van der Waals surface area contributed by atoms with Crippen molar-refractivity contribution in [2.75, 3.05) is 0 Å². The third-order valence-electron chi connectivity index (χ3n) is 0. The van der Waals surface area contributed by atoms with Crippen LogP contribution in [0.3, 0.4) is 0 Å². The van der Waals surface area contributed by atoms with Crippen LogP contribution in [-0.4, -0.2) is 41.4 Å². The molecule has 0 aromatic carbocycles. The third kappa shape index (κ3) is 10.4. The average Bonchev–Trinajstić information content (AvgIpc) is 0.811. The van der Waals surface area contributed by atoms with Crippen LogP contribution in [0.5, 0.6) is 0 Å². The van der Waals surface area contributed by atoms with Crippen molar-refractivity contribution in [1.82, 2.24) is 0 Å². The van der Waals surface area contributed by atoms with Crippen molar-refractivity contribution in [3.8, 4) is 0 Å². The first-order valence-electron chi connectivity index (χ1n) is 0.802. The maximum atomic E-state index is 9.89. The molecule has 0 unspecified atom stereocenters. The molecule has 3 radical (unpaired) electrons. The van der Waals surface area contributed by atoms with E-state index in [0.29, 0.717) is 0 Å². The minimum absolute atomic E-state index is 5.23. The van der Waals surface area contributed by atoms with Crippen molar-refractivity contribution in [2.24, 2.45) is 0 Å². The minimum atomic E-state index is -5.23. The zero-order valence-corrected chi connectivity index (χ0v) is 5.32. The molecule has 0 saturated heterocycles. The molecule has 0 aromatic heterocycles. The Morgan fingerprint density at radius 3 is 1.00 bits per heavy atom. The van der Waals surface area contributed by atoms with Gasteiger partial charge in [-0.05, 0) is 0 Å². The van der Waals surface area contributed by atoms with Gasteiger partial charge in [-0.3, -0.25) is 0 Å². The summed E-state index contributed by atoms with van der Waals surface area (Å²) in [5.41, 5.74) is 0. The van der Waals surface area contributed by atoms with Gasteiger partial charge in [-0.15, -0.1) is 0 Å². The second kappa shape index (κ2) is 2.50. The summed E-state index contributed by atoms with van der Waals surface area (Å²) in [5.74, 6) is 0. The zero-order valence-electron chi connectivity index (χ0n) is 1.84. The van der Waals surface area contributed by atoms with E-state index in [9.17, 15) is 1.44 Å².